The van der Waals surface area contributed by atoms with Crippen molar-refractivity contribution in [1.82, 2.24) is 9.38 Å². The van der Waals surface area contributed by atoms with Gasteiger partial charge in [0.2, 0.25) is 0 Å². The van der Waals surface area contributed by atoms with E-state index >= 15 is 0 Å². The van der Waals surface area contributed by atoms with Crippen molar-refractivity contribution in [3.8, 4) is 0 Å². The Morgan fingerprint density at radius 3 is 3.12 bits per heavy atom. The molecule has 4 nitrogen and oxygen atoms in total. The van der Waals surface area contributed by atoms with Crippen molar-refractivity contribution in [2.75, 3.05) is 18.0 Å². The fourth-order valence-corrected chi connectivity index (χ4v) is 2.80. The SMILES string of the molecule is CC1CC(CN)CN1c1cccc2nccn12. The van der Waals surface area contributed by atoms with Gasteiger partial charge in [-0.25, -0.2) is 4.98 Å². The van der Waals surface area contributed by atoms with Crippen LogP contribution in [0.2, 0.25) is 0 Å². The van der Waals surface area contributed by atoms with Crippen LogP contribution in [0.15, 0.2) is 30.6 Å². The summed E-state index contributed by atoms with van der Waals surface area (Å²) in [4.78, 5) is 6.76. The summed E-state index contributed by atoms with van der Waals surface area (Å²) >= 11 is 0. The van der Waals surface area contributed by atoms with Crippen molar-refractivity contribution in [2.45, 2.75) is 19.4 Å². The van der Waals surface area contributed by atoms with E-state index in [4.69, 9.17) is 5.73 Å². The first-order valence-corrected chi connectivity index (χ1v) is 6.18. The maximum atomic E-state index is 5.78. The van der Waals surface area contributed by atoms with Crippen molar-refractivity contribution < 1.29 is 0 Å². The van der Waals surface area contributed by atoms with Gasteiger partial charge in [-0.05, 0) is 37.9 Å². The van der Waals surface area contributed by atoms with Crippen LogP contribution in [0.3, 0.4) is 0 Å². The molecular weight excluding hydrogens is 212 g/mol. The summed E-state index contributed by atoms with van der Waals surface area (Å²) < 4.78 is 2.15. The maximum absolute atomic E-state index is 5.78. The molecule has 0 radical (unpaired) electrons. The van der Waals surface area contributed by atoms with Crippen LogP contribution in [0, 0.1) is 5.92 Å². The van der Waals surface area contributed by atoms with Crippen molar-refractivity contribution in [3.05, 3.63) is 30.6 Å². The molecule has 2 N–H and O–H groups in total. The average molecular weight is 230 g/mol. The van der Waals surface area contributed by atoms with Crippen LogP contribution in [0.25, 0.3) is 5.65 Å². The van der Waals surface area contributed by atoms with Gasteiger partial charge in [-0.1, -0.05) is 6.07 Å². The van der Waals surface area contributed by atoms with E-state index in [1.807, 2.05) is 18.5 Å². The third-order valence-electron chi connectivity index (χ3n) is 3.70. The predicted molar refractivity (Wildman–Crippen MR) is 69.2 cm³/mol. The number of aromatic nitrogens is 2. The number of fused-ring (bicyclic) bond motifs is 1. The second-order valence-electron chi connectivity index (χ2n) is 4.88. The predicted octanol–water partition coefficient (Wildman–Crippen LogP) is 1.51. The monoisotopic (exact) mass is 230 g/mol. The molecule has 0 amide bonds. The molecule has 1 fully saturated rings. The van der Waals surface area contributed by atoms with E-state index in [-0.39, 0.29) is 0 Å². The number of pyridine rings is 1. The van der Waals surface area contributed by atoms with Crippen LogP contribution in [-0.2, 0) is 0 Å². The molecule has 2 unspecified atom stereocenters. The molecular formula is C13H18N4. The van der Waals surface area contributed by atoms with Gasteiger partial charge < -0.3 is 10.6 Å². The second-order valence-corrected chi connectivity index (χ2v) is 4.88. The molecule has 0 saturated carbocycles. The summed E-state index contributed by atoms with van der Waals surface area (Å²) in [6, 6.07) is 6.81. The molecule has 2 atom stereocenters. The minimum atomic E-state index is 0.552. The van der Waals surface area contributed by atoms with Crippen LogP contribution < -0.4 is 10.6 Å². The van der Waals surface area contributed by atoms with Crippen molar-refractivity contribution >= 4 is 11.5 Å². The first-order chi connectivity index (χ1) is 8.29. The van der Waals surface area contributed by atoms with E-state index in [0.717, 1.165) is 18.7 Å². The fraction of sp³-hybridized carbons (Fsp3) is 0.462. The second kappa shape index (κ2) is 4.04. The smallest absolute Gasteiger partial charge is 0.138 e. The van der Waals surface area contributed by atoms with E-state index in [9.17, 15) is 0 Å². The molecule has 4 heteroatoms. The minimum absolute atomic E-state index is 0.552. The van der Waals surface area contributed by atoms with Gasteiger partial charge in [-0.2, -0.15) is 0 Å². The summed E-state index contributed by atoms with van der Waals surface area (Å²) in [7, 11) is 0. The Morgan fingerprint density at radius 1 is 1.47 bits per heavy atom. The zero-order valence-electron chi connectivity index (χ0n) is 10.1. The Morgan fingerprint density at radius 2 is 2.35 bits per heavy atom. The van der Waals surface area contributed by atoms with Gasteiger partial charge in [0.05, 0.1) is 0 Å². The summed E-state index contributed by atoms with van der Waals surface area (Å²) in [5.41, 5.74) is 6.79. The van der Waals surface area contributed by atoms with E-state index in [2.05, 4.69) is 33.3 Å². The highest BCUT2D eigenvalue weighted by molar-refractivity contribution is 5.52. The molecule has 3 rings (SSSR count). The minimum Gasteiger partial charge on any atom is -0.355 e. The standard InChI is InChI=1S/C13H18N4/c1-10-7-11(8-14)9-17(10)13-4-2-3-12-15-5-6-16(12)13/h2-6,10-11H,7-9,14H2,1H3. The number of nitrogens with zero attached hydrogens (tertiary/aromatic N) is 3. The van der Waals surface area contributed by atoms with E-state index < -0.39 is 0 Å². The number of imidazole rings is 1. The Bertz CT molecular complexity index is 519. The van der Waals surface area contributed by atoms with E-state index in [1.165, 1.54) is 12.2 Å². The third-order valence-corrected chi connectivity index (χ3v) is 3.70. The highest BCUT2D eigenvalue weighted by Gasteiger charge is 2.29. The van der Waals surface area contributed by atoms with Crippen molar-refractivity contribution in [2.24, 2.45) is 11.7 Å². The number of nitrogens with two attached hydrogens (primary N) is 1. The molecule has 1 aliphatic rings. The lowest BCUT2D eigenvalue weighted by Gasteiger charge is -2.24. The molecule has 1 saturated heterocycles. The van der Waals surface area contributed by atoms with E-state index in [1.54, 1.807) is 0 Å². The lowest BCUT2D eigenvalue weighted by molar-refractivity contribution is 0.579. The molecule has 1 aliphatic heterocycles. The first-order valence-electron chi connectivity index (χ1n) is 6.18. The largest absolute Gasteiger partial charge is 0.355 e. The van der Waals surface area contributed by atoms with Gasteiger partial charge in [0, 0.05) is 25.0 Å². The highest BCUT2D eigenvalue weighted by Crippen LogP contribution is 2.28. The molecule has 17 heavy (non-hydrogen) atoms. The number of rotatable bonds is 2. The summed E-state index contributed by atoms with van der Waals surface area (Å²) in [5.74, 6) is 1.84. The van der Waals surface area contributed by atoms with Crippen molar-refractivity contribution in [3.63, 3.8) is 0 Å². The topological polar surface area (TPSA) is 46.6 Å². The summed E-state index contributed by atoms with van der Waals surface area (Å²) in [5, 5.41) is 0. The normalized spacial score (nSPS) is 24.7. The quantitative estimate of drug-likeness (QED) is 0.850. The van der Waals surface area contributed by atoms with E-state index in [0.29, 0.717) is 12.0 Å². The molecule has 2 aromatic heterocycles. The lowest BCUT2D eigenvalue weighted by Crippen LogP contribution is -2.29. The zero-order valence-corrected chi connectivity index (χ0v) is 10.1. The van der Waals surface area contributed by atoms with Crippen LogP contribution in [0.1, 0.15) is 13.3 Å². The van der Waals surface area contributed by atoms with Gasteiger partial charge in [-0.3, -0.25) is 4.40 Å². The summed E-state index contributed by atoms with van der Waals surface area (Å²) in [6.07, 6.45) is 5.05. The van der Waals surface area contributed by atoms with Gasteiger partial charge in [0.1, 0.15) is 11.5 Å². The van der Waals surface area contributed by atoms with Gasteiger partial charge >= 0.3 is 0 Å². The molecule has 0 bridgehead atoms. The Balaban J connectivity index is 2.01. The molecule has 2 aromatic rings. The third kappa shape index (κ3) is 1.69. The molecule has 0 aliphatic carbocycles. The van der Waals surface area contributed by atoms with Gasteiger partial charge in [0.25, 0.3) is 0 Å². The molecule has 90 valence electrons. The lowest BCUT2D eigenvalue weighted by atomic mass is 10.1. The maximum Gasteiger partial charge on any atom is 0.138 e. The summed E-state index contributed by atoms with van der Waals surface area (Å²) in [6.45, 7) is 4.10. The van der Waals surface area contributed by atoms with Crippen molar-refractivity contribution in [1.29, 1.82) is 0 Å². The number of anilines is 1. The van der Waals surface area contributed by atoms with Crippen LogP contribution >= 0.6 is 0 Å². The molecule has 0 aromatic carbocycles. The number of hydrogen-bond donors (Lipinski definition) is 1. The molecule has 0 spiro atoms. The highest BCUT2D eigenvalue weighted by atomic mass is 15.3. The van der Waals surface area contributed by atoms with Gasteiger partial charge in [-0.15, -0.1) is 0 Å². The first kappa shape index (κ1) is 10.6. The van der Waals surface area contributed by atoms with Crippen LogP contribution in [-0.4, -0.2) is 28.5 Å². The average Bonchev–Trinajstić information content (AvgIpc) is 2.94. The fourth-order valence-electron chi connectivity index (χ4n) is 2.80. The Hall–Kier alpha value is -1.55. The van der Waals surface area contributed by atoms with Gasteiger partial charge in [0.15, 0.2) is 0 Å². The Kier molecular flexibility index (Phi) is 2.52. The Labute approximate surface area is 101 Å². The zero-order chi connectivity index (χ0) is 11.8. The molecule has 3 heterocycles. The number of hydrogen-bond acceptors (Lipinski definition) is 3. The van der Waals surface area contributed by atoms with Crippen LogP contribution in [0.4, 0.5) is 5.82 Å². The van der Waals surface area contributed by atoms with Crippen LogP contribution in [0.5, 0.6) is 0 Å².